The van der Waals surface area contributed by atoms with Gasteiger partial charge < -0.3 is 9.80 Å². The Labute approximate surface area is 167 Å². The lowest BCUT2D eigenvalue weighted by Crippen LogP contribution is -2.50. The first-order valence-electron chi connectivity index (χ1n) is 8.95. The van der Waals surface area contributed by atoms with E-state index in [1.54, 1.807) is 22.4 Å². The van der Waals surface area contributed by atoms with Crippen molar-refractivity contribution in [3.8, 4) is 0 Å². The Balaban J connectivity index is 1.41. The Morgan fingerprint density at radius 2 is 1.90 bits per heavy atom. The van der Waals surface area contributed by atoms with E-state index in [9.17, 15) is 22.8 Å². The summed E-state index contributed by atoms with van der Waals surface area (Å²) in [5, 5.41) is 1.78. The summed E-state index contributed by atoms with van der Waals surface area (Å²) in [5.74, 6) is -0.214. The van der Waals surface area contributed by atoms with Crippen LogP contribution in [-0.2, 0) is 17.5 Å². The lowest BCUT2D eigenvalue weighted by molar-refractivity contribution is -0.137. The first-order valence-corrected chi connectivity index (χ1v) is 9.83. The standard InChI is InChI=1S/C19H17F3N4O2S/c20-19(21,22)13-2-1-3-14(10-13)24-5-7-25(8-6-24)16(27)11-26-12-23-15-4-9-29-17(15)18(26)28/h1-4,9-10,12H,5-8,11H2. The molecular formula is C19H17F3N4O2S. The minimum Gasteiger partial charge on any atom is -0.368 e. The summed E-state index contributed by atoms with van der Waals surface area (Å²) in [5.41, 5.74) is 0.152. The number of amides is 1. The molecule has 1 aromatic carbocycles. The quantitative estimate of drug-likeness (QED) is 0.652. The van der Waals surface area contributed by atoms with Crippen molar-refractivity contribution in [2.75, 3.05) is 31.1 Å². The molecule has 1 aliphatic heterocycles. The van der Waals surface area contributed by atoms with Gasteiger partial charge in [-0.05, 0) is 29.6 Å². The number of hydrogen-bond donors (Lipinski definition) is 0. The van der Waals surface area contributed by atoms with Gasteiger partial charge in [0.1, 0.15) is 11.2 Å². The van der Waals surface area contributed by atoms with Crippen molar-refractivity contribution in [2.45, 2.75) is 12.7 Å². The van der Waals surface area contributed by atoms with Gasteiger partial charge in [0.15, 0.2) is 0 Å². The van der Waals surface area contributed by atoms with Crippen LogP contribution in [-0.4, -0.2) is 46.5 Å². The fourth-order valence-electron chi connectivity index (χ4n) is 3.33. The molecule has 29 heavy (non-hydrogen) atoms. The molecule has 3 heterocycles. The number of carbonyl (C=O) groups excluding carboxylic acids is 1. The number of nitrogens with zero attached hydrogens (tertiary/aromatic N) is 4. The number of piperazine rings is 1. The molecule has 0 N–H and O–H groups in total. The zero-order valence-corrected chi connectivity index (χ0v) is 16.0. The highest BCUT2D eigenvalue weighted by molar-refractivity contribution is 7.17. The van der Waals surface area contributed by atoms with Gasteiger partial charge in [0.2, 0.25) is 5.91 Å². The number of alkyl halides is 3. The Bertz CT molecular complexity index is 1100. The molecule has 1 aliphatic rings. The maximum absolute atomic E-state index is 12.9. The molecule has 4 rings (SSSR count). The van der Waals surface area contributed by atoms with E-state index in [1.165, 1.54) is 28.3 Å². The Kier molecular flexibility index (Phi) is 5.03. The van der Waals surface area contributed by atoms with Gasteiger partial charge in [0, 0.05) is 31.9 Å². The van der Waals surface area contributed by atoms with Crippen molar-refractivity contribution in [3.05, 3.63) is 58.0 Å². The lowest BCUT2D eigenvalue weighted by Gasteiger charge is -2.36. The number of anilines is 1. The Hall–Kier alpha value is -2.88. The third kappa shape index (κ3) is 3.98. The van der Waals surface area contributed by atoms with Gasteiger partial charge in [-0.2, -0.15) is 13.2 Å². The van der Waals surface area contributed by atoms with Crippen LogP contribution in [0.4, 0.5) is 18.9 Å². The van der Waals surface area contributed by atoms with E-state index in [-0.39, 0.29) is 18.0 Å². The highest BCUT2D eigenvalue weighted by Gasteiger charge is 2.31. The van der Waals surface area contributed by atoms with E-state index in [0.717, 1.165) is 12.1 Å². The van der Waals surface area contributed by atoms with Crippen LogP contribution in [0.1, 0.15) is 5.56 Å². The summed E-state index contributed by atoms with van der Waals surface area (Å²) in [4.78, 5) is 32.6. The second-order valence-electron chi connectivity index (χ2n) is 6.73. The van der Waals surface area contributed by atoms with Gasteiger partial charge in [-0.15, -0.1) is 11.3 Å². The molecule has 10 heteroatoms. The van der Waals surface area contributed by atoms with Crippen molar-refractivity contribution in [3.63, 3.8) is 0 Å². The smallest absolute Gasteiger partial charge is 0.368 e. The van der Waals surface area contributed by atoms with Crippen molar-refractivity contribution in [2.24, 2.45) is 0 Å². The summed E-state index contributed by atoms with van der Waals surface area (Å²) in [6.07, 6.45) is -3.02. The molecule has 152 valence electrons. The van der Waals surface area contributed by atoms with Gasteiger partial charge in [-0.1, -0.05) is 6.07 Å². The monoisotopic (exact) mass is 422 g/mol. The number of halogens is 3. The molecule has 0 spiro atoms. The Morgan fingerprint density at radius 3 is 2.62 bits per heavy atom. The first-order chi connectivity index (χ1) is 13.8. The first kappa shape index (κ1) is 19.4. The van der Waals surface area contributed by atoms with Gasteiger partial charge in [0.05, 0.1) is 17.4 Å². The SMILES string of the molecule is O=C(Cn1cnc2ccsc2c1=O)N1CCN(c2cccc(C(F)(F)F)c2)CC1. The molecule has 6 nitrogen and oxygen atoms in total. The summed E-state index contributed by atoms with van der Waals surface area (Å²) < 4.78 is 40.5. The van der Waals surface area contributed by atoms with Gasteiger partial charge in [-0.3, -0.25) is 14.2 Å². The molecule has 1 amide bonds. The molecule has 1 saturated heterocycles. The largest absolute Gasteiger partial charge is 0.416 e. The topological polar surface area (TPSA) is 58.4 Å². The number of thiophene rings is 1. The molecule has 3 aromatic rings. The van der Waals surface area contributed by atoms with E-state index in [2.05, 4.69) is 4.98 Å². The van der Waals surface area contributed by atoms with E-state index in [0.29, 0.717) is 42.1 Å². The maximum Gasteiger partial charge on any atom is 0.416 e. The zero-order chi connectivity index (χ0) is 20.6. The average molecular weight is 422 g/mol. The van der Waals surface area contributed by atoms with E-state index < -0.39 is 11.7 Å². The number of fused-ring (bicyclic) bond motifs is 1. The second kappa shape index (κ2) is 7.51. The fourth-order valence-corrected chi connectivity index (χ4v) is 4.12. The molecule has 0 bridgehead atoms. The normalized spacial score (nSPS) is 15.1. The van der Waals surface area contributed by atoms with Crippen LogP contribution in [0.3, 0.4) is 0 Å². The van der Waals surface area contributed by atoms with Crippen LogP contribution >= 0.6 is 11.3 Å². The number of aromatic nitrogens is 2. The lowest BCUT2D eigenvalue weighted by atomic mass is 10.1. The Morgan fingerprint density at radius 1 is 1.14 bits per heavy atom. The number of carbonyl (C=O) groups is 1. The highest BCUT2D eigenvalue weighted by atomic mass is 32.1. The summed E-state index contributed by atoms with van der Waals surface area (Å²) in [6.45, 7) is 1.48. The average Bonchev–Trinajstić information content (AvgIpc) is 3.19. The van der Waals surface area contributed by atoms with Crippen molar-refractivity contribution < 1.29 is 18.0 Å². The third-order valence-corrected chi connectivity index (χ3v) is 5.80. The number of hydrogen-bond acceptors (Lipinski definition) is 5. The molecule has 0 radical (unpaired) electrons. The molecule has 0 atom stereocenters. The van der Waals surface area contributed by atoms with Crippen LogP contribution in [0.15, 0.2) is 46.8 Å². The number of benzene rings is 1. The second-order valence-corrected chi connectivity index (χ2v) is 7.64. The fraction of sp³-hybridized carbons (Fsp3) is 0.316. The predicted octanol–water partition coefficient (Wildman–Crippen LogP) is 2.83. The van der Waals surface area contributed by atoms with Crippen LogP contribution < -0.4 is 10.5 Å². The molecule has 2 aromatic heterocycles. The molecule has 0 aliphatic carbocycles. The minimum absolute atomic E-state index is 0.108. The molecule has 0 saturated carbocycles. The zero-order valence-electron chi connectivity index (χ0n) is 15.2. The molecule has 0 unspecified atom stereocenters. The van der Waals surface area contributed by atoms with E-state index in [1.807, 2.05) is 4.90 Å². The number of rotatable bonds is 3. The third-order valence-electron chi connectivity index (χ3n) is 4.91. The maximum atomic E-state index is 12.9. The molecule has 1 fully saturated rings. The van der Waals surface area contributed by atoms with Crippen LogP contribution in [0.5, 0.6) is 0 Å². The van der Waals surface area contributed by atoms with Gasteiger partial charge in [-0.25, -0.2) is 4.98 Å². The van der Waals surface area contributed by atoms with Crippen molar-refractivity contribution in [1.29, 1.82) is 0 Å². The minimum atomic E-state index is -4.39. The van der Waals surface area contributed by atoms with Gasteiger partial charge >= 0.3 is 6.18 Å². The van der Waals surface area contributed by atoms with Crippen molar-refractivity contribution >= 4 is 33.1 Å². The summed E-state index contributed by atoms with van der Waals surface area (Å²) >= 11 is 1.28. The van der Waals surface area contributed by atoms with Crippen LogP contribution in [0.2, 0.25) is 0 Å². The summed E-state index contributed by atoms with van der Waals surface area (Å²) in [6, 6.07) is 6.93. The van der Waals surface area contributed by atoms with Crippen molar-refractivity contribution in [1.82, 2.24) is 14.5 Å². The van der Waals surface area contributed by atoms with E-state index in [4.69, 9.17) is 0 Å². The predicted molar refractivity (Wildman–Crippen MR) is 104 cm³/mol. The van der Waals surface area contributed by atoms with E-state index >= 15 is 0 Å². The summed E-state index contributed by atoms with van der Waals surface area (Å²) in [7, 11) is 0. The van der Waals surface area contributed by atoms with Gasteiger partial charge in [0.25, 0.3) is 5.56 Å². The highest BCUT2D eigenvalue weighted by Crippen LogP contribution is 2.31. The van der Waals surface area contributed by atoms with Crippen LogP contribution in [0, 0.1) is 0 Å². The van der Waals surface area contributed by atoms with Crippen LogP contribution in [0.25, 0.3) is 10.2 Å². The molecular weight excluding hydrogens is 405 g/mol.